The smallest absolute Gasteiger partial charge is 0.231 e. The topological polar surface area (TPSA) is 81.2 Å². The lowest BCUT2D eigenvalue weighted by Crippen LogP contribution is -2.13. The minimum atomic E-state index is -3.55. The minimum Gasteiger partial charge on any atom is -0.492 e. The molecule has 1 N–H and O–H groups in total. The van der Waals surface area contributed by atoms with Crippen molar-refractivity contribution in [3.63, 3.8) is 0 Å². The number of hydrogen-bond donors (Lipinski definition) is 1. The molecular formula is C15H17Cl2N3O3S2. The molecular weight excluding hydrogens is 405 g/mol. The number of benzene rings is 1. The molecule has 0 saturated heterocycles. The van der Waals surface area contributed by atoms with Gasteiger partial charge in [-0.15, -0.1) is 22.0 Å². The molecule has 6 nitrogen and oxygen atoms in total. The summed E-state index contributed by atoms with van der Waals surface area (Å²) >= 11 is 13.7. The molecule has 0 spiro atoms. The van der Waals surface area contributed by atoms with Crippen LogP contribution in [0.25, 0.3) is 11.1 Å². The van der Waals surface area contributed by atoms with E-state index in [1.807, 2.05) is 13.8 Å². The Labute approximate surface area is 161 Å². The molecule has 1 heterocycles. The van der Waals surface area contributed by atoms with Crippen LogP contribution in [0.1, 0.15) is 13.8 Å². The summed E-state index contributed by atoms with van der Waals surface area (Å²) in [5.41, 5.74) is 1.23. The van der Waals surface area contributed by atoms with Gasteiger partial charge in [0.05, 0.1) is 18.9 Å². The summed E-state index contributed by atoms with van der Waals surface area (Å²) in [6.07, 6.45) is 1.03. The molecule has 0 unspecified atom stereocenters. The zero-order chi connectivity index (χ0) is 18.8. The summed E-state index contributed by atoms with van der Waals surface area (Å²) in [4.78, 5) is 0. The van der Waals surface area contributed by atoms with Gasteiger partial charge in [0.25, 0.3) is 0 Å². The molecule has 0 fully saturated rings. The second-order valence-electron chi connectivity index (χ2n) is 5.46. The molecule has 10 heteroatoms. The van der Waals surface area contributed by atoms with Gasteiger partial charge in [0.1, 0.15) is 5.03 Å². The Morgan fingerprint density at radius 2 is 1.76 bits per heavy atom. The van der Waals surface area contributed by atoms with Gasteiger partial charge >= 0.3 is 0 Å². The van der Waals surface area contributed by atoms with E-state index in [9.17, 15) is 8.42 Å². The van der Waals surface area contributed by atoms with E-state index in [-0.39, 0.29) is 16.8 Å². The van der Waals surface area contributed by atoms with E-state index in [0.717, 1.165) is 6.26 Å². The first-order valence-corrected chi connectivity index (χ1v) is 10.7. The number of rotatable bonds is 6. The van der Waals surface area contributed by atoms with Crippen LogP contribution in [0, 0.1) is 0 Å². The summed E-state index contributed by atoms with van der Waals surface area (Å²) < 4.78 is 31.0. The molecule has 2 aromatic rings. The highest BCUT2D eigenvalue weighted by atomic mass is 35.5. The zero-order valence-electron chi connectivity index (χ0n) is 14.0. The van der Waals surface area contributed by atoms with Crippen molar-refractivity contribution >= 4 is 50.8 Å². The SMILES string of the molecule is COc1c(NS(C)(=O)=O)nnc(SC(C)C)c1-c1cc(Cl)cc(Cl)c1. The molecule has 0 radical (unpaired) electrons. The number of sulfonamides is 1. The highest BCUT2D eigenvalue weighted by molar-refractivity contribution is 7.99. The lowest BCUT2D eigenvalue weighted by atomic mass is 10.1. The molecule has 136 valence electrons. The van der Waals surface area contributed by atoms with Gasteiger partial charge in [0, 0.05) is 15.3 Å². The number of aromatic nitrogens is 2. The van der Waals surface area contributed by atoms with Gasteiger partial charge in [0.15, 0.2) is 5.75 Å². The Hall–Kier alpha value is -1.22. The fourth-order valence-corrected chi connectivity index (χ4v) is 3.98. The molecule has 1 aromatic carbocycles. The Balaban J connectivity index is 2.76. The van der Waals surface area contributed by atoms with Gasteiger partial charge in [-0.25, -0.2) is 8.42 Å². The molecule has 0 aliphatic carbocycles. The van der Waals surface area contributed by atoms with Gasteiger partial charge in [-0.1, -0.05) is 37.0 Å². The molecule has 1 aromatic heterocycles. The third-order valence-electron chi connectivity index (χ3n) is 2.88. The second-order valence-corrected chi connectivity index (χ2v) is 9.65. The average molecular weight is 422 g/mol. The van der Waals surface area contributed by atoms with E-state index >= 15 is 0 Å². The van der Waals surface area contributed by atoms with Crippen LogP contribution in [0.4, 0.5) is 5.82 Å². The van der Waals surface area contributed by atoms with Crippen molar-refractivity contribution < 1.29 is 13.2 Å². The lowest BCUT2D eigenvalue weighted by molar-refractivity contribution is 0.414. The van der Waals surface area contributed by atoms with Crippen LogP contribution in [-0.4, -0.2) is 37.2 Å². The van der Waals surface area contributed by atoms with Crippen molar-refractivity contribution in [2.45, 2.75) is 24.1 Å². The summed E-state index contributed by atoms with van der Waals surface area (Å²) in [6, 6.07) is 5.03. The van der Waals surface area contributed by atoms with Crippen LogP contribution in [0.5, 0.6) is 5.75 Å². The van der Waals surface area contributed by atoms with Crippen molar-refractivity contribution in [1.82, 2.24) is 10.2 Å². The van der Waals surface area contributed by atoms with E-state index in [1.165, 1.54) is 18.9 Å². The van der Waals surface area contributed by atoms with Crippen molar-refractivity contribution in [3.05, 3.63) is 28.2 Å². The molecule has 2 rings (SSSR count). The Kier molecular flexibility index (Phi) is 6.42. The first-order chi connectivity index (χ1) is 11.6. The predicted octanol–water partition coefficient (Wildman–Crippen LogP) is 4.33. The number of hydrogen-bond acceptors (Lipinski definition) is 6. The molecule has 0 aliphatic rings. The van der Waals surface area contributed by atoms with Gasteiger partial charge in [0.2, 0.25) is 15.8 Å². The van der Waals surface area contributed by atoms with Gasteiger partial charge in [-0.3, -0.25) is 4.72 Å². The highest BCUT2D eigenvalue weighted by Crippen LogP contribution is 2.43. The Morgan fingerprint density at radius 3 is 2.24 bits per heavy atom. The van der Waals surface area contributed by atoms with E-state index < -0.39 is 10.0 Å². The van der Waals surface area contributed by atoms with Crippen molar-refractivity contribution in [2.24, 2.45) is 0 Å². The third kappa shape index (κ3) is 5.37. The maximum absolute atomic E-state index is 11.6. The second kappa shape index (κ2) is 7.99. The number of halogens is 2. The predicted molar refractivity (Wildman–Crippen MR) is 103 cm³/mol. The lowest BCUT2D eigenvalue weighted by Gasteiger charge is -2.17. The molecule has 0 atom stereocenters. The quantitative estimate of drug-likeness (QED) is 0.698. The first-order valence-electron chi connectivity index (χ1n) is 7.16. The maximum atomic E-state index is 11.6. The summed E-state index contributed by atoms with van der Waals surface area (Å²) in [7, 11) is -2.12. The van der Waals surface area contributed by atoms with E-state index in [4.69, 9.17) is 27.9 Å². The molecule has 0 bridgehead atoms. The fourth-order valence-electron chi connectivity index (χ4n) is 2.11. The van der Waals surface area contributed by atoms with Gasteiger partial charge in [-0.05, 0) is 23.8 Å². The monoisotopic (exact) mass is 421 g/mol. The van der Waals surface area contributed by atoms with Crippen LogP contribution >= 0.6 is 35.0 Å². The van der Waals surface area contributed by atoms with Gasteiger partial charge < -0.3 is 4.74 Å². The molecule has 0 aliphatic heterocycles. The van der Waals surface area contributed by atoms with Crippen LogP contribution in [0.2, 0.25) is 10.0 Å². The molecule has 25 heavy (non-hydrogen) atoms. The number of nitrogens with one attached hydrogen (secondary N) is 1. The summed E-state index contributed by atoms with van der Waals surface area (Å²) in [5.74, 6) is 0.256. The molecule has 0 amide bonds. The number of methoxy groups -OCH3 is 1. The standard InChI is InChI=1S/C15H17Cl2N3O3S2/c1-8(2)24-15-12(9-5-10(16)7-11(17)6-9)13(23-3)14(18-19-15)20-25(4,21)22/h5-8H,1-4H3,(H,18,20). The van der Waals surface area contributed by atoms with Crippen LogP contribution in [-0.2, 0) is 10.0 Å². The Bertz CT molecular complexity index is 870. The number of anilines is 1. The minimum absolute atomic E-state index is 0.00389. The zero-order valence-corrected chi connectivity index (χ0v) is 17.1. The van der Waals surface area contributed by atoms with E-state index in [2.05, 4.69) is 14.9 Å². The molecule has 0 saturated carbocycles. The Morgan fingerprint density at radius 1 is 1.16 bits per heavy atom. The van der Waals surface area contributed by atoms with Crippen molar-refractivity contribution in [2.75, 3.05) is 18.1 Å². The largest absolute Gasteiger partial charge is 0.492 e. The fraction of sp³-hybridized carbons (Fsp3) is 0.333. The van der Waals surface area contributed by atoms with Gasteiger partial charge in [-0.2, -0.15) is 0 Å². The third-order valence-corrected chi connectivity index (χ3v) is 4.86. The van der Waals surface area contributed by atoms with Crippen molar-refractivity contribution in [1.29, 1.82) is 0 Å². The van der Waals surface area contributed by atoms with Crippen LogP contribution < -0.4 is 9.46 Å². The summed E-state index contributed by atoms with van der Waals surface area (Å²) in [6.45, 7) is 4.02. The van der Waals surface area contributed by atoms with Crippen molar-refractivity contribution in [3.8, 4) is 16.9 Å². The average Bonchev–Trinajstić information content (AvgIpc) is 2.45. The van der Waals surface area contributed by atoms with E-state index in [0.29, 0.717) is 26.2 Å². The van der Waals surface area contributed by atoms with Crippen LogP contribution in [0.3, 0.4) is 0 Å². The highest BCUT2D eigenvalue weighted by Gasteiger charge is 2.22. The number of nitrogens with zero attached hydrogens (tertiary/aromatic N) is 2. The summed E-state index contributed by atoms with van der Waals surface area (Å²) in [5, 5.41) is 9.83. The van der Waals surface area contributed by atoms with Crippen LogP contribution in [0.15, 0.2) is 23.2 Å². The normalized spacial score (nSPS) is 11.6. The number of thioether (sulfide) groups is 1. The van der Waals surface area contributed by atoms with E-state index in [1.54, 1.807) is 18.2 Å². The maximum Gasteiger partial charge on any atom is 0.231 e. The first kappa shape index (κ1) is 20.1. The number of ether oxygens (including phenoxy) is 1.